The van der Waals surface area contributed by atoms with Crippen molar-refractivity contribution in [3.05, 3.63) is 35.5 Å². The highest BCUT2D eigenvalue weighted by Crippen LogP contribution is 2.29. The number of benzene rings is 1. The second kappa shape index (κ2) is 5.40. The summed E-state index contributed by atoms with van der Waals surface area (Å²) in [7, 11) is -2.06. The van der Waals surface area contributed by atoms with Crippen LogP contribution in [-0.4, -0.2) is 24.7 Å². The van der Waals surface area contributed by atoms with Crippen LogP contribution in [0, 0.1) is 13.8 Å². The van der Waals surface area contributed by atoms with Crippen molar-refractivity contribution >= 4 is 21.5 Å². The Hall–Kier alpha value is -2.02. The summed E-state index contributed by atoms with van der Waals surface area (Å²) in [5.74, 6) is 0.0283. The van der Waals surface area contributed by atoms with E-state index in [9.17, 15) is 8.42 Å². The van der Waals surface area contributed by atoms with Gasteiger partial charge in [-0.15, -0.1) is 0 Å². The molecule has 0 saturated heterocycles. The van der Waals surface area contributed by atoms with Gasteiger partial charge in [0.25, 0.3) is 10.0 Å². The van der Waals surface area contributed by atoms with E-state index in [2.05, 4.69) is 5.10 Å². The van der Waals surface area contributed by atoms with E-state index in [0.717, 1.165) is 5.56 Å². The van der Waals surface area contributed by atoms with Gasteiger partial charge in [0.2, 0.25) is 0 Å². The fourth-order valence-electron chi connectivity index (χ4n) is 2.25. The molecule has 1 aromatic carbocycles. The van der Waals surface area contributed by atoms with E-state index >= 15 is 0 Å². The van der Waals surface area contributed by atoms with E-state index < -0.39 is 10.0 Å². The van der Waals surface area contributed by atoms with Crippen LogP contribution in [0.4, 0.5) is 11.5 Å². The first-order valence-corrected chi connectivity index (χ1v) is 8.11. The third kappa shape index (κ3) is 2.61. The smallest absolute Gasteiger partial charge is 0.269 e. The van der Waals surface area contributed by atoms with Crippen LogP contribution in [0.5, 0.6) is 0 Å². The molecule has 0 atom stereocenters. The summed E-state index contributed by atoms with van der Waals surface area (Å²) in [6.45, 7) is 5.76. The maximum absolute atomic E-state index is 12.9. The van der Waals surface area contributed by atoms with Crippen LogP contribution in [0.25, 0.3) is 0 Å². The molecule has 0 aliphatic rings. The Balaban J connectivity index is 2.57. The molecule has 0 fully saturated rings. The minimum Gasteiger partial charge on any atom is -0.381 e. The van der Waals surface area contributed by atoms with E-state index in [-0.39, 0.29) is 10.7 Å². The van der Waals surface area contributed by atoms with Gasteiger partial charge in [-0.2, -0.15) is 5.10 Å². The normalized spacial score (nSPS) is 11.6. The number of aryl methyl sites for hydroxylation is 2. The van der Waals surface area contributed by atoms with Crippen LogP contribution >= 0.6 is 0 Å². The molecule has 21 heavy (non-hydrogen) atoms. The van der Waals surface area contributed by atoms with Gasteiger partial charge in [-0.25, -0.2) is 8.42 Å². The van der Waals surface area contributed by atoms with Crippen LogP contribution in [0.1, 0.15) is 18.2 Å². The number of rotatable bonds is 4. The van der Waals surface area contributed by atoms with E-state index in [4.69, 9.17) is 5.73 Å². The van der Waals surface area contributed by atoms with Crippen molar-refractivity contribution in [3.63, 3.8) is 0 Å². The van der Waals surface area contributed by atoms with Gasteiger partial charge in [-0.3, -0.25) is 8.99 Å². The number of nitrogens with zero attached hydrogens (tertiary/aromatic N) is 3. The zero-order valence-corrected chi connectivity index (χ0v) is 13.5. The molecule has 114 valence electrons. The number of anilines is 2. The Kier molecular flexibility index (Phi) is 3.95. The number of nitrogens with two attached hydrogens (primary N) is 1. The Bertz CT molecular complexity index is 748. The van der Waals surface area contributed by atoms with E-state index in [0.29, 0.717) is 17.9 Å². The summed E-state index contributed by atoms with van der Waals surface area (Å²) >= 11 is 0. The molecule has 0 radical (unpaired) electrons. The van der Waals surface area contributed by atoms with E-state index in [1.807, 2.05) is 19.1 Å². The Morgan fingerprint density at radius 2 is 1.81 bits per heavy atom. The molecule has 2 rings (SSSR count). The summed E-state index contributed by atoms with van der Waals surface area (Å²) in [6.07, 6.45) is 0. The van der Waals surface area contributed by atoms with Crippen LogP contribution in [0.3, 0.4) is 0 Å². The third-order valence-corrected chi connectivity index (χ3v) is 5.53. The molecule has 7 heteroatoms. The predicted molar refractivity (Wildman–Crippen MR) is 83.7 cm³/mol. The lowest BCUT2D eigenvalue weighted by Crippen LogP contribution is -2.31. The molecule has 0 aliphatic carbocycles. The number of hydrogen-bond acceptors (Lipinski definition) is 4. The standard InChI is InChI=1S/C14H20N4O2S/c1-5-18(12-8-6-10(2)7-9-12)21(19,20)13-11(3)17(4)16-14(13)15/h6-9H,5H2,1-4H3,(H2,15,16). The minimum atomic E-state index is -3.73. The van der Waals surface area contributed by atoms with Gasteiger partial charge in [-0.05, 0) is 32.9 Å². The molecule has 6 nitrogen and oxygen atoms in total. The average Bonchev–Trinajstić information content (AvgIpc) is 2.66. The quantitative estimate of drug-likeness (QED) is 0.934. The van der Waals surface area contributed by atoms with Crippen molar-refractivity contribution in [1.82, 2.24) is 9.78 Å². The maximum Gasteiger partial charge on any atom is 0.269 e. The molecule has 0 unspecified atom stereocenters. The molecule has 0 spiro atoms. The van der Waals surface area contributed by atoms with Gasteiger partial charge in [0, 0.05) is 13.6 Å². The first kappa shape index (κ1) is 15.4. The fourth-order valence-corrected chi connectivity index (χ4v) is 4.02. The van der Waals surface area contributed by atoms with Gasteiger partial charge in [0.05, 0.1) is 11.4 Å². The van der Waals surface area contributed by atoms with Gasteiger partial charge < -0.3 is 5.73 Å². The van der Waals surface area contributed by atoms with Crippen molar-refractivity contribution in [1.29, 1.82) is 0 Å². The lowest BCUT2D eigenvalue weighted by atomic mass is 10.2. The molecule has 0 aliphatic heterocycles. The Morgan fingerprint density at radius 1 is 1.24 bits per heavy atom. The van der Waals surface area contributed by atoms with Crippen molar-refractivity contribution < 1.29 is 8.42 Å². The van der Waals surface area contributed by atoms with Gasteiger partial charge in [0.15, 0.2) is 10.7 Å². The second-order valence-corrected chi connectivity index (χ2v) is 6.73. The number of aromatic nitrogens is 2. The second-order valence-electron chi connectivity index (χ2n) is 4.93. The lowest BCUT2D eigenvalue weighted by Gasteiger charge is -2.23. The average molecular weight is 308 g/mol. The van der Waals surface area contributed by atoms with E-state index in [1.165, 1.54) is 8.99 Å². The SMILES string of the molecule is CCN(c1ccc(C)cc1)S(=O)(=O)c1c(N)nn(C)c1C. The van der Waals surface area contributed by atoms with Crippen molar-refractivity contribution in [2.24, 2.45) is 7.05 Å². The predicted octanol–water partition coefficient (Wildman–Crippen LogP) is 1.83. The largest absolute Gasteiger partial charge is 0.381 e. The molecule has 0 bridgehead atoms. The molecule has 0 amide bonds. The molecule has 1 aromatic heterocycles. The lowest BCUT2D eigenvalue weighted by molar-refractivity contribution is 0.591. The topological polar surface area (TPSA) is 81.2 Å². The highest BCUT2D eigenvalue weighted by molar-refractivity contribution is 7.93. The summed E-state index contributed by atoms with van der Waals surface area (Å²) < 4.78 is 28.6. The van der Waals surface area contributed by atoms with Gasteiger partial charge in [0.1, 0.15) is 0 Å². The van der Waals surface area contributed by atoms with Gasteiger partial charge >= 0.3 is 0 Å². The zero-order valence-electron chi connectivity index (χ0n) is 12.7. The molecule has 2 N–H and O–H groups in total. The van der Waals surface area contributed by atoms with Crippen molar-refractivity contribution in [2.45, 2.75) is 25.7 Å². The molecule has 1 heterocycles. The van der Waals surface area contributed by atoms with Crippen molar-refractivity contribution in [3.8, 4) is 0 Å². The molecule has 2 aromatic rings. The Labute approximate surface area is 125 Å². The van der Waals surface area contributed by atoms with Crippen LogP contribution < -0.4 is 10.0 Å². The van der Waals surface area contributed by atoms with Crippen LogP contribution in [0.2, 0.25) is 0 Å². The summed E-state index contributed by atoms with van der Waals surface area (Å²) in [5, 5.41) is 3.99. The Morgan fingerprint density at radius 3 is 2.24 bits per heavy atom. The zero-order chi connectivity index (χ0) is 15.8. The van der Waals surface area contributed by atoms with Gasteiger partial charge in [-0.1, -0.05) is 17.7 Å². The summed E-state index contributed by atoms with van der Waals surface area (Å²) in [4.78, 5) is 0.0763. The highest BCUT2D eigenvalue weighted by atomic mass is 32.2. The molecule has 0 saturated carbocycles. The molecular weight excluding hydrogens is 288 g/mol. The highest BCUT2D eigenvalue weighted by Gasteiger charge is 2.30. The number of nitrogen functional groups attached to an aromatic ring is 1. The summed E-state index contributed by atoms with van der Waals surface area (Å²) in [6, 6.07) is 7.34. The van der Waals surface area contributed by atoms with Crippen LogP contribution in [-0.2, 0) is 17.1 Å². The number of sulfonamides is 1. The first-order chi connectivity index (χ1) is 9.78. The fraction of sp³-hybridized carbons (Fsp3) is 0.357. The minimum absolute atomic E-state index is 0.0283. The van der Waals surface area contributed by atoms with E-state index in [1.54, 1.807) is 33.0 Å². The third-order valence-electron chi connectivity index (χ3n) is 3.46. The summed E-state index contributed by atoms with van der Waals surface area (Å²) in [5.41, 5.74) is 8.00. The monoisotopic (exact) mass is 308 g/mol. The molecular formula is C14H20N4O2S. The first-order valence-electron chi connectivity index (χ1n) is 6.67. The van der Waals surface area contributed by atoms with Crippen LogP contribution in [0.15, 0.2) is 29.2 Å². The maximum atomic E-state index is 12.9. The van der Waals surface area contributed by atoms with Crippen molar-refractivity contribution in [2.75, 3.05) is 16.6 Å². The number of hydrogen-bond donors (Lipinski definition) is 1.